The minimum absolute atomic E-state index is 0.127. The maximum absolute atomic E-state index is 11.7. The Morgan fingerprint density at radius 2 is 1.97 bits per heavy atom. The van der Waals surface area contributed by atoms with Gasteiger partial charge in [-0.05, 0) is 39.7 Å². The zero-order valence-corrected chi connectivity index (χ0v) is 22.8. The van der Waals surface area contributed by atoms with Gasteiger partial charge in [0.15, 0.2) is 0 Å². The normalized spacial score (nSPS) is 15.8. The van der Waals surface area contributed by atoms with Crippen molar-refractivity contribution in [3.05, 3.63) is 57.1 Å². The number of carbonyl (C=O) groups excluding carboxylic acids is 3. The third kappa shape index (κ3) is 4.94. The van der Waals surface area contributed by atoms with Crippen molar-refractivity contribution >= 4 is 61.5 Å². The number of anilines is 3. The standard InChI is InChI=1S/C17H20N2O4.C10H6BrN3O2/c1-23-15(22)5-6-19-9-11(20)7-10-8-13(18)16-12(17(10)19)3-2-4-14(16)21;1-14-9(15)5-2-4(3-12)8(13)7(11)6(5)10(14)16/h2-4,8,11,20-21H,5-7,9,18H2,1H3;2H,13H2,1H3. The fraction of sp³-hybridized carbons (Fsp3) is 0.259. The number of hydrogen-bond acceptors (Lipinski definition) is 10. The first-order valence-corrected chi connectivity index (χ1v) is 12.7. The molecule has 5 rings (SSSR count). The van der Waals surface area contributed by atoms with E-state index in [1.807, 2.05) is 17.0 Å². The van der Waals surface area contributed by atoms with Crippen LogP contribution in [0.2, 0.25) is 0 Å². The van der Waals surface area contributed by atoms with Crippen molar-refractivity contribution in [1.29, 1.82) is 5.26 Å². The number of nitriles is 1. The van der Waals surface area contributed by atoms with Crippen LogP contribution in [-0.4, -0.2) is 66.2 Å². The Bertz CT molecular complexity index is 1570. The third-order valence-electron chi connectivity index (χ3n) is 6.71. The van der Waals surface area contributed by atoms with E-state index in [9.17, 15) is 24.6 Å². The lowest BCUT2D eigenvalue weighted by Crippen LogP contribution is -2.40. The van der Waals surface area contributed by atoms with Crippen molar-refractivity contribution in [3.63, 3.8) is 0 Å². The topological polar surface area (TPSA) is 183 Å². The first-order valence-electron chi connectivity index (χ1n) is 11.9. The number of β-amino-alcohol motifs (C(OH)–C–C–N with tert-alkyl or cyclic N) is 1. The Morgan fingerprint density at radius 1 is 1.26 bits per heavy atom. The van der Waals surface area contributed by atoms with Crippen molar-refractivity contribution in [2.45, 2.75) is 18.9 Å². The van der Waals surface area contributed by atoms with Crippen molar-refractivity contribution < 1.29 is 29.3 Å². The number of imide groups is 1. The lowest BCUT2D eigenvalue weighted by molar-refractivity contribution is -0.140. The zero-order valence-electron chi connectivity index (χ0n) is 21.2. The fourth-order valence-electron chi connectivity index (χ4n) is 4.84. The number of halogens is 1. The Balaban J connectivity index is 0.000000193. The van der Waals surface area contributed by atoms with Gasteiger partial charge in [-0.2, -0.15) is 5.26 Å². The van der Waals surface area contributed by atoms with Crippen molar-refractivity contribution in [1.82, 2.24) is 4.90 Å². The third-order valence-corrected chi connectivity index (χ3v) is 7.54. The van der Waals surface area contributed by atoms with Gasteiger partial charge in [0.05, 0.1) is 46.5 Å². The average molecular weight is 596 g/mol. The Morgan fingerprint density at radius 3 is 2.64 bits per heavy atom. The second-order valence-electron chi connectivity index (χ2n) is 9.16. The molecule has 39 heavy (non-hydrogen) atoms. The summed E-state index contributed by atoms with van der Waals surface area (Å²) in [5.41, 5.74) is 14.9. The smallest absolute Gasteiger partial charge is 0.307 e. The minimum atomic E-state index is -0.519. The molecule has 0 radical (unpaired) electrons. The van der Waals surface area contributed by atoms with Gasteiger partial charge in [-0.25, -0.2) is 0 Å². The van der Waals surface area contributed by atoms with Gasteiger partial charge in [0, 0.05) is 48.7 Å². The highest BCUT2D eigenvalue weighted by atomic mass is 79.9. The van der Waals surface area contributed by atoms with Gasteiger partial charge < -0.3 is 31.3 Å². The summed E-state index contributed by atoms with van der Waals surface area (Å²) in [7, 11) is 2.74. The van der Waals surface area contributed by atoms with E-state index in [0.29, 0.717) is 35.1 Å². The molecule has 0 fully saturated rings. The lowest BCUT2D eigenvalue weighted by Gasteiger charge is -2.35. The molecule has 2 amide bonds. The van der Waals surface area contributed by atoms with Crippen molar-refractivity contribution in [3.8, 4) is 11.8 Å². The minimum Gasteiger partial charge on any atom is -0.507 e. The molecule has 0 aromatic heterocycles. The van der Waals surface area contributed by atoms with Crippen molar-refractivity contribution in [2.24, 2.45) is 0 Å². The number of nitrogens with two attached hydrogens (primary N) is 2. The number of esters is 1. The summed E-state index contributed by atoms with van der Waals surface area (Å²) in [4.78, 5) is 37.8. The number of amides is 2. The first-order chi connectivity index (χ1) is 18.5. The second kappa shape index (κ2) is 10.8. The van der Waals surface area contributed by atoms with Gasteiger partial charge in [0.2, 0.25) is 0 Å². The first kappa shape index (κ1) is 27.7. The quantitative estimate of drug-likeness (QED) is 0.199. The van der Waals surface area contributed by atoms with Gasteiger partial charge in [-0.1, -0.05) is 12.1 Å². The Kier molecular flexibility index (Phi) is 7.67. The molecule has 11 nitrogen and oxygen atoms in total. The summed E-state index contributed by atoms with van der Waals surface area (Å²) >= 11 is 3.14. The number of aliphatic hydroxyl groups excluding tert-OH is 1. The SMILES string of the molecule is CN1C(=O)c2cc(C#N)c(N)c(Br)c2C1=O.COC(=O)CCN1CC(O)Cc2cc(N)c3c(O)cccc3c21. The molecule has 3 aromatic rings. The monoisotopic (exact) mass is 595 g/mol. The molecule has 0 saturated heterocycles. The number of carbonyl (C=O) groups is 3. The molecular weight excluding hydrogens is 570 g/mol. The van der Waals surface area contributed by atoms with Gasteiger partial charge in [0.25, 0.3) is 11.8 Å². The maximum Gasteiger partial charge on any atom is 0.307 e. The molecule has 0 bridgehead atoms. The maximum atomic E-state index is 11.7. The molecule has 1 unspecified atom stereocenters. The van der Waals surface area contributed by atoms with Crippen LogP contribution in [0.4, 0.5) is 17.1 Å². The largest absolute Gasteiger partial charge is 0.507 e. The molecule has 0 aliphatic carbocycles. The predicted octanol–water partition coefficient (Wildman–Crippen LogP) is 2.54. The van der Waals surface area contributed by atoms with E-state index >= 15 is 0 Å². The predicted molar refractivity (Wildman–Crippen MR) is 148 cm³/mol. The summed E-state index contributed by atoms with van der Waals surface area (Å²) in [5.74, 6) is -1.00. The molecule has 6 N–H and O–H groups in total. The number of fused-ring (bicyclic) bond motifs is 4. The molecule has 3 aromatic carbocycles. The van der Waals surface area contributed by atoms with E-state index in [1.165, 1.54) is 20.2 Å². The molecule has 202 valence electrons. The highest BCUT2D eigenvalue weighted by molar-refractivity contribution is 9.10. The van der Waals surface area contributed by atoms with E-state index in [4.69, 9.17) is 21.5 Å². The molecule has 2 heterocycles. The van der Waals surface area contributed by atoms with Crippen LogP contribution in [0, 0.1) is 11.3 Å². The molecule has 12 heteroatoms. The van der Waals surface area contributed by atoms with Crippen LogP contribution in [0.25, 0.3) is 10.8 Å². The van der Waals surface area contributed by atoms with E-state index in [-0.39, 0.29) is 40.5 Å². The number of methoxy groups -OCH3 is 1. The highest BCUT2D eigenvalue weighted by Crippen LogP contribution is 2.41. The summed E-state index contributed by atoms with van der Waals surface area (Å²) in [6.45, 7) is 0.865. The number of ether oxygens (including phenoxy) is 1. The van der Waals surface area contributed by atoms with Crippen LogP contribution in [0.5, 0.6) is 5.75 Å². The van der Waals surface area contributed by atoms with Gasteiger partial charge in [0.1, 0.15) is 11.8 Å². The molecule has 0 saturated carbocycles. The van der Waals surface area contributed by atoms with E-state index < -0.39 is 17.9 Å². The molecule has 2 aliphatic rings. The number of phenols is 1. The fourth-order valence-corrected chi connectivity index (χ4v) is 5.44. The van der Waals surface area contributed by atoms with Gasteiger partial charge in [-0.15, -0.1) is 0 Å². The number of aromatic hydroxyl groups is 1. The number of hydrogen-bond donors (Lipinski definition) is 4. The van der Waals surface area contributed by atoms with Crippen molar-refractivity contribution in [2.75, 3.05) is 43.6 Å². The van der Waals surface area contributed by atoms with Crippen LogP contribution < -0.4 is 16.4 Å². The van der Waals surface area contributed by atoms with Crippen LogP contribution in [-0.2, 0) is 16.0 Å². The summed E-state index contributed by atoms with van der Waals surface area (Å²) in [6, 6.07) is 10.3. The molecule has 1 atom stereocenters. The molecule has 0 spiro atoms. The van der Waals surface area contributed by atoms with E-state index in [2.05, 4.69) is 15.9 Å². The van der Waals surface area contributed by atoms with Gasteiger partial charge in [-0.3, -0.25) is 19.3 Å². The Hall–Kier alpha value is -4.34. The van der Waals surface area contributed by atoms with Crippen LogP contribution >= 0.6 is 15.9 Å². The molecular formula is C27H26BrN5O6. The number of nitrogen functional groups attached to an aromatic ring is 2. The lowest BCUT2D eigenvalue weighted by atomic mass is 9.93. The number of benzene rings is 3. The summed E-state index contributed by atoms with van der Waals surface area (Å²) in [5, 5.41) is 30.5. The van der Waals surface area contributed by atoms with Crippen LogP contribution in [0.1, 0.15) is 38.3 Å². The average Bonchev–Trinajstić information content (AvgIpc) is 3.12. The van der Waals surface area contributed by atoms with Crippen LogP contribution in [0.15, 0.2) is 34.8 Å². The van der Waals surface area contributed by atoms with Gasteiger partial charge >= 0.3 is 5.97 Å². The number of aliphatic hydroxyl groups is 1. The number of phenolic OH excluding ortho intramolecular Hbond substituents is 1. The number of nitrogens with zero attached hydrogens (tertiary/aromatic N) is 3. The zero-order chi connectivity index (χ0) is 28.6. The Labute approximate surface area is 232 Å². The van der Waals surface area contributed by atoms with E-state index in [1.54, 1.807) is 18.2 Å². The number of rotatable bonds is 3. The van der Waals surface area contributed by atoms with Crippen LogP contribution in [0.3, 0.4) is 0 Å². The summed E-state index contributed by atoms with van der Waals surface area (Å²) < 4.78 is 5.00. The van der Waals surface area contributed by atoms with E-state index in [0.717, 1.165) is 21.5 Å². The molecule has 2 aliphatic heterocycles. The second-order valence-corrected chi connectivity index (χ2v) is 9.95. The highest BCUT2D eigenvalue weighted by Gasteiger charge is 2.36. The summed E-state index contributed by atoms with van der Waals surface area (Å²) in [6.07, 6.45) is 0.210.